The normalized spacial score (nSPS) is 12.3. The largest absolute Gasteiger partial charge is 0.370 e. The molecule has 0 saturated carbocycles. The highest BCUT2D eigenvalue weighted by Gasteiger charge is 2.35. The minimum Gasteiger partial charge on any atom is -0.370 e. The van der Waals surface area contributed by atoms with E-state index in [1.165, 1.54) is 36.5 Å². The lowest BCUT2D eigenvalue weighted by molar-refractivity contribution is 0.569. The van der Waals surface area contributed by atoms with Crippen molar-refractivity contribution in [1.82, 2.24) is 9.97 Å². The Kier molecular flexibility index (Phi) is 7.64. The molecule has 5 nitrogen and oxygen atoms in total. The highest BCUT2D eigenvalue weighted by atomic mass is 35.5. The number of nitrogens with zero attached hydrogens (tertiary/aromatic N) is 2. The fraction of sp³-hybridized carbons (Fsp3) is 0.120. The number of rotatable bonds is 8. The van der Waals surface area contributed by atoms with Crippen LogP contribution in [0.5, 0.6) is 0 Å². The molecule has 0 amide bonds. The van der Waals surface area contributed by atoms with Gasteiger partial charge in [-0.1, -0.05) is 23.2 Å². The van der Waals surface area contributed by atoms with Crippen LogP contribution < -0.4 is 5.32 Å². The smallest absolute Gasteiger partial charge is 0.189 e. The summed E-state index contributed by atoms with van der Waals surface area (Å²) in [4.78, 5) is 8.08. The molecule has 0 spiro atoms. The maximum Gasteiger partial charge on any atom is 0.189 e. The van der Waals surface area contributed by atoms with Crippen molar-refractivity contribution >= 4 is 38.9 Å². The Morgan fingerprint density at radius 1 is 0.914 bits per heavy atom. The molecule has 4 aromatic rings. The van der Waals surface area contributed by atoms with Crippen molar-refractivity contribution in [3.05, 3.63) is 118 Å². The molecule has 0 aliphatic rings. The molecule has 0 radical (unpaired) electrons. The molecule has 10 heteroatoms. The second-order valence-corrected chi connectivity index (χ2v) is 10.5. The zero-order chi connectivity index (χ0) is 25.0. The molecule has 1 unspecified atom stereocenters. The van der Waals surface area contributed by atoms with Gasteiger partial charge in [-0.2, -0.15) is 0 Å². The summed E-state index contributed by atoms with van der Waals surface area (Å²) in [5.74, 6) is -1.32. The van der Waals surface area contributed by atoms with Crippen molar-refractivity contribution in [1.29, 1.82) is 0 Å². The van der Waals surface area contributed by atoms with E-state index in [-0.39, 0.29) is 21.0 Å². The van der Waals surface area contributed by atoms with Gasteiger partial charge in [-0.3, -0.25) is 4.98 Å². The van der Waals surface area contributed by atoms with Gasteiger partial charge < -0.3 is 5.32 Å². The van der Waals surface area contributed by atoms with Gasteiger partial charge in [0.2, 0.25) is 0 Å². The number of aromatic nitrogens is 2. The van der Waals surface area contributed by atoms with Crippen LogP contribution in [0, 0.1) is 11.6 Å². The first-order valence-electron chi connectivity index (χ1n) is 10.5. The predicted octanol–water partition coefficient (Wildman–Crippen LogP) is 6.28. The Morgan fingerprint density at radius 2 is 1.63 bits per heavy atom. The summed E-state index contributed by atoms with van der Waals surface area (Å²) in [6.07, 6.45) is 5.32. The van der Waals surface area contributed by atoms with Crippen molar-refractivity contribution in [3.8, 4) is 0 Å². The first kappa shape index (κ1) is 25.0. The summed E-state index contributed by atoms with van der Waals surface area (Å²) in [6, 6.07) is 13.3. The van der Waals surface area contributed by atoms with E-state index in [0.29, 0.717) is 23.8 Å². The molecule has 1 atom stereocenters. The summed E-state index contributed by atoms with van der Waals surface area (Å²) < 4.78 is 56.5. The molecule has 0 aliphatic carbocycles. The lowest BCUT2D eigenvalue weighted by Crippen LogP contribution is -2.18. The SMILES string of the molecule is O=S(=O)(c1ccc(Cl)cc1)C(c1cc(F)ccc1F)c1cc(NCCc2ccncc2)ncc1Cl. The number of pyridine rings is 2. The van der Waals surface area contributed by atoms with Crippen LogP contribution in [-0.2, 0) is 16.3 Å². The van der Waals surface area contributed by atoms with E-state index < -0.39 is 26.7 Å². The fourth-order valence-corrected chi connectivity index (χ4v) is 5.85. The van der Waals surface area contributed by atoms with E-state index in [4.69, 9.17) is 23.2 Å². The van der Waals surface area contributed by atoms with Gasteiger partial charge in [-0.25, -0.2) is 22.2 Å². The lowest BCUT2D eigenvalue weighted by Gasteiger charge is -2.21. The Hall–Kier alpha value is -3.07. The summed E-state index contributed by atoms with van der Waals surface area (Å²) >= 11 is 12.3. The van der Waals surface area contributed by atoms with Crippen LogP contribution >= 0.6 is 23.2 Å². The molecule has 0 saturated heterocycles. The highest BCUT2D eigenvalue weighted by molar-refractivity contribution is 7.92. The number of benzene rings is 2. The van der Waals surface area contributed by atoms with Crippen molar-refractivity contribution in [2.45, 2.75) is 16.6 Å². The number of sulfone groups is 1. The number of anilines is 1. The average Bonchev–Trinajstić information content (AvgIpc) is 2.84. The van der Waals surface area contributed by atoms with E-state index in [9.17, 15) is 17.2 Å². The second-order valence-electron chi connectivity index (χ2n) is 7.67. The Balaban J connectivity index is 1.76. The van der Waals surface area contributed by atoms with Gasteiger partial charge in [-0.05, 0) is 78.2 Å². The summed E-state index contributed by atoms with van der Waals surface area (Å²) in [6.45, 7) is 0.487. The van der Waals surface area contributed by atoms with Gasteiger partial charge in [0.25, 0.3) is 0 Å². The number of nitrogens with one attached hydrogen (secondary N) is 1. The van der Waals surface area contributed by atoms with Crippen molar-refractivity contribution in [2.75, 3.05) is 11.9 Å². The molecule has 0 bridgehead atoms. The molecular weight excluding hydrogens is 515 g/mol. The monoisotopic (exact) mass is 533 g/mol. The van der Waals surface area contributed by atoms with Gasteiger partial charge in [0.05, 0.1) is 9.92 Å². The van der Waals surface area contributed by atoms with Crippen LogP contribution in [0.25, 0.3) is 0 Å². The van der Waals surface area contributed by atoms with Crippen LogP contribution in [0.1, 0.15) is 21.9 Å². The van der Waals surface area contributed by atoms with E-state index in [2.05, 4.69) is 15.3 Å². The van der Waals surface area contributed by atoms with Crippen LogP contribution in [0.3, 0.4) is 0 Å². The zero-order valence-corrected chi connectivity index (χ0v) is 20.5. The molecule has 1 N–H and O–H groups in total. The number of hydrogen-bond donors (Lipinski definition) is 1. The molecule has 35 heavy (non-hydrogen) atoms. The number of halogens is 4. The molecule has 2 aromatic carbocycles. The fourth-order valence-electron chi connectivity index (χ4n) is 3.61. The van der Waals surface area contributed by atoms with Crippen molar-refractivity contribution in [2.24, 2.45) is 0 Å². The summed E-state index contributed by atoms with van der Waals surface area (Å²) in [5.41, 5.74) is 0.745. The average molecular weight is 534 g/mol. The highest BCUT2D eigenvalue weighted by Crippen LogP contribution is 2.40. The van der Waals surface area contributed by atoms with E-state index in [0.717, 1.165) is 23.8 Å². The minimum absolute atomic E-state index is 0.00381. The molecule has 0 fully saturated rings. The second kappa shape index (κ2) is 10.7. The summed E-state index contributed by atoms with van der Waals surface area (Å²) in [5, 5.41) is 1.82. The van der Waals surface area contributed by atoms with Gasteiger partial charge in [-0.15, -0.1) is 0 Å². The first-order valence-corrected chi connectivity index (χ1v) is 12.8. The predicted molar refractivity (Wildman–Crippen MR) is 133 cm³/mol. The molecule has 2 aromatic heterocycles. The van der Waals surface area contributed by atoms with Gasteiger partial charge in [0.1, 0.15) is 22.7 Å². The molecule has 4 rings (SSSR count). The van der Waals surface area contributed by atoms with E-state index in [1.54, 1.807) is 12.4 Å². The van der Waals surface area contributed by atoms with Crippen LogP contribution in [0.15, 0.2) is 84.1 Å². The Labute approximate surface area is 211 Å². The molecular formula is C25H19Cl2F2N3O2S. The maximum absolute atomic E-state index is 14.9. The third-order valence-corrected chi connectivity index (χ3v) is 7.96. The van der Waals surface area contributed by atoms with Crippen LogP contribution in [-0.4, -0.2) is 24.9 Å². The summed E-state index contributed by atoms with van der Waals surface area (Å²) in [7, 11) is -4.28. The quantitative estimate of drug-likeness (QED) is 0.288. The zero-order valence-electron chi connectivity index (χ0n) is 18.1. The van der Waals surface area contributed by atoms with Gasteiger partial charge >= 0.3 is 0 Å². The molecule has 2 heterocycles. The molecule has 180 valence electrons. The van der Waals surface area contributed by atoms with Crippen LogP contribution in [0.4, 0.5) is 14.6 Å². The van der Waals surface area contributed by atoms with Crippen LogP contribution in [0.2, 0.25) is 10.0 Å². The minimum atomic E-state index is -4.28. The van der Waals surface area contributed by atoms with Crippen molar-refractivity contribution in [3.63, 3.8) is 0 Å². The van der Waals surface area contributed by atoms with E-state index >= 15 is 0 Å². The topological polar surface area (TPSA) is 72.0 Å². The third-order valence-electron chi connectivity index (χ3n) is 5.33. The third kappa shape index (κ3) is 5.78. The van der Waals surface area contributed by atoms with Crippen molar-refractivity contribution < 1.29 is 17.2 Å². The first-order chi connectivity index (χ1) is 16.8. The Morgan fingerprint density at radius 3 is 2.34 bits per heavy atom. The van der Waals surface area contributed by atoms with Gasteiger partial charge in [0.15, 0.2) is 9.84 Å². The maximum atomic E-state index is 14.9. The molecule has 0 aliphatic heterocycles. The lowest BCUT2D eigenvalue weighted by atomic mass is 10.0. The number of hydrogen-bond acceptors (Lipinski definition) is 5. The van der Waals surface area contributed by atoms with Gasteiger partial charge in [0, 0.05) is 35.7 Å². The Bertz CT molecular complexity index is 1440. The van der Waals surface area contributed by atoms with E-state index in [1.807, 2.05) is 12.1 Å². The standard InChI is InChI=1S/C25H19Cl2F2N3O2S/c26-17-1-4-19(5-2-17)35(33,34)25(21-13-18(28)3-6-23(21)29)20-14-24(32-15-22(20)27)31-12-9-16-7-10-30-11-8-16/h1-8,10-11,13-15,25H,9,12H2,(H,31,32).